The first-order chi connectivity index (χ1) is 12.5. The maximum Gasteiger partial charge on any atom is 0.316 e. The molecule has 3 heterocycles. The smallest absolute Gasteiger partial charge is 0.316 e. The molecule has 0 spiro atoms. The van der Waals surface area contributed by atoms with Crippen molar-refractivity contribution in [1.29, 1.82) is 0 Å². The molecule has 2 N–H and O–H groups in total. The number of ketones is 2. The highest BCUT2D eigenvalue weighted by Crippen LogP contribution is 2.25. The fraction of sp³-hybridized carbons (Fsp3) is 0.471. The second-order valence-electron chi connectivity index (χ2n) is 6.53. The van der Waals surface area contributed by atoms with Gasteiger partial charge < -0.3 is 15.1 Å². The number of anilines is 1. The molecule has 2 atom stereocenters. The van der Waals surface area contributed by atoms with Gasteiger partial charge in [0.25, 0.3) is 11.8 Å². The number of carbonyl (C=O) groups excluding carboxylic acids is 3. The minimum atomic E-state index is -0.611. The molecule has 8 nitrogen and oxygen atoms in total. The molecule has 0 aromatic carbocycles. The maximum absolute atomic E-state index is 12.7. The van der Waals surface area contributed by atoms with E-state index < -0.39 is 23.7 Å². The Hall–Kier alpha value is -2.55. The highest BCUT2D eigenvalue weighted by Gasteiger charge is 2.34. The molecule has 138 valence electrons. The van der Waals surface area contributed by atoms with Crippen LogP contribution in [0.15, 0.2) is 21.9 Å². The zero-order chi connectivity index (χ0) is 18.7. The van der Waals surface area contributed by atoms with Gasteiger partial charge in [0, 0.05) is 18.9 Å². The highest BCUT2D eigenvalue weighted by atomic mass is 32.1. The minimum absolute atomic E-state index is 0.0218. The van der Waals surface area contributed by atoms with Gasteiger partial charge in [0.1, 0.15) is 0 Å². The van der Waals surface area contributed by atoms with E-state index in [0.29, 0.717) is 18.9 Å². The summed E-state index contributed by atoms with van der Waals surface area (Å²) in [6.07, 6.45) is 0.498. The first kappa shape index (κ1) is 18.2. The summed E-state index contributed by atoms with van der Waals surface area (Å²) in [5.41, 5.74) is 0. The number of amides is 1. The lowest BCUT2D eigenvalue weighted by atomic mass is 9.87. The Morgan fingerprint density at radius 3 is 2.92 bits per heavy atom. The summed E-state index contributed by atoms with van der Waals surface area (Å²) in [7, 11) is 0. The zero-order valence-electron chi connectivity index (χ0n) is 14.5. The van der Waals surface area contributed by atoms with Gasteiger partial charge in [-0.25, -0.2) is 0 Å². The van der Waals surface area contributed by atoms with Crippen LogP contribution in [0, 0.1) is 11.8 Å². The Labute approximate surface area is 154 Å². The molecule has 2 aromatic rings. The van der Waals surface area contributed by atoms with Crippen molar-refractivity contribution in [3.63, 3.8) is 0 Å². The van der Waals surface area contributed by atoms with Crippen LogP contribution in [0.1, 0.15) is 26.7 Å². The fourth-order valence-corrected chi connectivity index (χ4v) is 3.51. The van der Waals surface area contributed by atoms with Crippen LogP contribution < -0.4 is 10.6 Å². The Morgan fingerprint density at radius 2 is 2.23 bits per heavy atom. The van der Waals surface area contributed by atoms with Crippen molar-refractivity contribution in [1.82, 2.24) is 15.5 Å². The Balaban J connectivity index is 1.68. The van der Waals surface area contributed by atoms with E-state index in [4.69, 9.17) is 4.42 Å². The van der Waals surface area contributed by atoms with Crippen LogP contribution in [0.3, 0.4) is 0 Å². The van der Waals surface area contributed by atoms with E-state index in [2.05, 4.69) is 20.8 Å². The van der Waals surface area contributed by atoms with Crippen molar-refractivity contribution in [3.05, 3.63) is 17.5 Å². The number of nitrogens with one attached hydrogen (secondary N) is 2. The molecule has 1 amide bonds. The number of hydrogen-bond acceptors (Lipinski definition) is 8. The number of carbonyl (C=O) groups is 3. The molecule has 1 aliphatic heterocycles. The van der Waals surface area contributed by atoms with Crippen molar-refractivity contribution in [2.75, 3.05) is 11.9 Å². The van der Waals surface area contributed by atoms with E-state index in [1.54, 1.807) is 0 Å². The number of aromatic nitrogens is 2. The number of thiophene rings is 1. The van der Waals surface area contributed by atoms with Gasteiger partial charge in [-0.1, -0.05) is 25.0 Å². The summed E-state index contributed by atoms with van der Waals surface area (Å²) >= 11 is 1.48. The first-order valence-corrected chi connectivity index (χ1v) is 9.32. The highest BCUT2D eigenvalue weighted by molar-refractivity contribution is 7.13. The van der Waals surface area contributed by atoms with Crippen LogP contribution >= 0.6 is 11.3 Å². The second kappa shape index (κ2) is 7.77. The maximum atomic E-state index is 12.7. The molecule has 26 heavy (non-hydrogen) atoms. The van der Waals surface area contributed by atoms with E-state index in [1.807, 2.05) is 31.4 Å². The van der Waals surface area contributed by atoms with Crippen molar-refractivity contribution >= 4 is 34.8 Å². The molecule has 3 rings (SSSR count). The van der Waals surface area contributed by atoms with Gasteiger partial charge in [0.15, 0.2) is 5.78 Å². The molecule has 0 saturated carbocycles. The number of hydrogen-bond donors (Lipinski definition) is 2. The molecule has 0 radical (unpaired) electrons. The number of nitrogens with zero attached hydrogens (tertiary/aromatic N) is 2. The summed E-state index contributed by atoms with van der Waals surface area (Å²) in [5.74, 6) is -1.51. The lowest BCUT2D eigenvalue weighted by molar-refractivity contribution is -0.143. The Bertz CT molecular complexity index is 800. The standard InChI is InChI=1S/C17H20N4O4S/c1-9(2)13(11(22)8-10-5-6-18-15(24)14(10)23)19-17-21-20-16(25-17)12-4-3-7-26-12/h3-4,7,9-10,13H,5-6,8H2,1-2H3,(H,18,24)(H,19,21). The molecular formula is C17H20N4O4S. The molecule has 2 aromatic heterocycles. The Morgan fingerprint density at radius 1 is 1.42 bits per heavy atom. The van der Waals surface area contributed by atoms with Crippen LogP contribution in [0.5, 0.6) is 0 Å². The number of piperidine rings is 1. The third kappa shape index (κ3) is 3.98. The van der Waals surface area contributed by atoms with Gasteiger partial charge in [-0.05, 0) is 23.8 Å². The van der Waals surface area contributed by atoms with Gasteiger partial charge >= 0.3 is 6.01 Å². The van der Waals surface area contributed by atoms with Gasteiger partial charge in [0.2, 0.25) is 5.78 Å². The van der Waals surface area contributed by atoms with Crippen molar-refractivity contribution < 1.29 is 18.8 Å². The molecule has 9 heteroatoms. The van der Waals surface area contributed by atoms with E-state index >= 15 is 0 Å². The molecule has 0 bridgehead atoms. The largest absolute Gasteiger partial charge is 0.402 e. The summed E-state index contributed by atoms with van der Waals surface area (Å²) in [5, 5.41) is 15.3. The topological polar surface area (TPSA) is 114 Å². The van der Waals surface area contributed by atoms with Crippen molar-refractivity contribution in [3.8, 4) is 10.8 Å². The average Bonchev–Trinajstić information content (AvgIpc) is 3.27. The van der Waals surface area contributed by atoms with E-state index in [0.717, 1.165) is 4.88 Å². The second-order valence-corrected chi connectivity index (χ2v) is 7.48. The summed E-state index contributed by atoms with van der Waals surface area (Å²) < 4.78 is 5.58. The van der Waals surface area contributed by atoms with Gasteiger partial charge in [-0.2, -0.15) is 0 Å². The molecule has 1 saturated heterocycles. The lowest BCUT2D eigenvalue weighted by Crippen LogP contribution is -2.45. The molecule has 1 fully saturated rings. The molecule has 0 aliphatic carbocycles. The molecule has 2 unspecified atom stereocenters. The van der Waals surface area contributed by atoms with Crippen molar-refractivity contribution in [2.45, 2.75) is 32.7 Å². The van der Waals surface area contributed by atoms with Crippen LogP contribution in [0.4, 0.5) is 6.01 Å². The zero-order valence-corrected chi connectivity index (χ0v) is 15.3. The molecule has 1 aliphatic rings. The summed E-state index contributed by atoms with van der Waals surface area (Å²) in [6.45, 7) is 4.19. The summed E-state index contributed by atoms with van der Waals surface area (Å²) in [4.78, 5) is 37.0. The van der Waals surface area contributed by atoms with Crippen molar-refractivity contribution in [2.24, 2.45) is 11.8 Å². The van der Waals surface area contributed by atoms with Crippen LogP contribution in [0.25, 0.3) is 10.8 Å². The number of rotatable bonds is 7. The lowest BCUT2D eigenvalue weighted by Gasteiger charge is -2.24. The van der Waals surface area contributed by atoms with E-state index in [-0.39, 0.29) is 24.1 Å². The fourth-order valence-electron chi connectivity index (χ4n) is 2.86. The monoisotopic (exact) mass is 376 g/mol. The third-order valence-corrected chi connectivity index (χ3v) is 5.13. The normalized spacial score (nSPS) is 18.7. The third-order valence-electron chi connectivity index (χ3n) is 4.27. The molecular weight excluding hydrogens is 356 g/mol. The van der Waals surface area contributed by atoms with Crippen LogP contribution in [0.2, 0.25) is 0 Å². The average molecular weight is 376 g/mol. The minimum Gasteiger partial charge on any atom is -0.402 e. The van der Waals surface area contributed by atoms with Crippen LogP contribution in [-0.4, -0.2) is 40.3 Å². The van der Waals surface area contributed by atoms with Gasteiger partial charge in [-0.3, -0.25) is 14.4 Å². The SMILES string of the molecule is CC(C)C(Nc1nnc(-c2cccs2)o1)C(=O)CC1CCNC(=O)C1=O. The van der Waals surface area contributed by atoms with Gasteiger partial charge in [0.05, 0.1) is 10.9 Å². The van der Waals surface area contributed by atoms with Crippen LogP contribution in [-0.2, 0) is 14.4 Å². The van der Waals surface area contributed by atoms with E-state index in [1.165, 1.54) is 11.3 Å². The Kier molecular flexibility index (Phi) is 5.46. The quantitative estimate of drug-likeness (QED) is 0.709. The predicted octanol–water partition coefficient (Wildman–Crippen LogP) is 1.90. The van der Waals surface area contributed by atoms with E-state index in [9.17, 15) is 14.4 Å². The summed E-state index contributed by atoms with van der Waals surface area (Å²) in [6, 6.07) is 3.33. The van der Waals surface area contributed by atoms with Gasteiger partial charge in [-0.15, -0.1) is 16.4 Å². The predicted molar refractivity (Wildman–Crippen MR) is 95.6 cm³/mol. The first-order valence-electron chi connectivity index (χ1n) is 8.44. The number of Topliss-reactive ketones (excluding diaryl/α,β-unsaturated/α-hetero) is 2.